The molecule has 0 aliphatic rings. The number of amides is 1. The van der Waals surface area contributed by atoms with E-state index in [2.05, 4.69) is 15.6 Å². The smallest absolute Gasteiger partial charge is 0.271 e. The standard InChI is InChI=1S/C18H17N3OS/c1-13-6-5-9-15(10-13)20-18-21-16(12-23-18)17(22)19-11-14-7-3-2-4-8-14/h2-10,12H,11H2,1H3,(H,19,22)(H,20,21). The van der Waals surface area contributed by atoms with Crippen LogP contribution in [0.15, 0.2) is 60.0 Å². The second kappa shape index (κ2) is 7.07. The first-order chi connectivity index (χ1) is 11.2. The van der Waals surface area contributed by atoms with E-state index in [1.807, 2.05) is 61.5 Å². The second-order valence-corrected chi connectivity index (χ2v) is 6.06. The van der Waals surface area contributed by atoms with Crippen molar-refractivity contribution in [2.45, 2.75) is 13.5 Å². The number of aromatic nitrogens is 1. The average molecular weight is 323 g/mol. The Hall–Kier alpha value is -2.66. The molecule has 0 spiro atoms. The second-order valence-electron chi connectivity index (χ2n) is 5.20. The molecule has 0 atom stereocenters. The van der Waals surface area contributed by atoms with Crippen LogP contribution in [-0.4, -0.2) is 10.9 Å². The Kier molecular flexibility index (Phi) is 4.68. The molecule has 0 fully saturated rings. The SMILES string of the molecule is Cc1cccc(Nc2nc(C(=O)NCc3ccccc3)cs2)c1. The quantitative estimate of drug-likeness (QED) is 0.742. The van der Waals surface area contributed by atoms with Crippen LogP contribution in [0.25, 0.3) is 0 Å². The maximum atomic E-state index is 12.1. The number of hydrogen-bond acceptors (Lipinski definition) is 4. The average Bonchev–Trinajstić information content (AvgIpc) is 3.02. The molecule has 4 nitrogen and oxygen atoms in total. The Morgan fingerprint density at radius 2 is 1.96 bits per heavy atom. The van der Waals surface area contributed by atoms with E-state index < -0.39 is 0 Å². The monoisotopic (exact) mass is 323 g/mol. The van der Waals surface area contributed by atoms with E-state index in [4.69, 9.17) is 0 Å². The highest BCUT2D eigenvalue weighted by Gasteiger charge is 2.10. The van der Waals surface area contributed by atoms with Crippen molar-refractivity contribution in [2.75, 3.05) is 5.32 Å². The molecule has 1 aromatic heterocycles. The Bertz CT molecular complexity index is 799. The lowest BCUT2D eigenvalue weighted by atomic mass is 10.2. The van der Waals surface area contributed by atoms with E-state index in [9.17, 15) is 4.79 Å². The summed E-state index contributed by atoms with van der Waals surface area (Å²) < 4.78 is 0. The highest BCUT2D eigenvalue weighted by Crippen LogP contribution is 2.21. The van der Waals surface area contributed by atoms with E-state index in [-0.39, 0.29) is 5.91 Å². The summed E-state index contributed by atoms with van der Waals surface area (Å²) in [6.07, 6.45) is 0. The van der Waals surface area contributed by atoms with E-state index in [1.54, 1.807) is 5.38 Å². The van der Waals surface area contributed by atoms with Crippen LogP contribution >= 0.6 is 11.3 Å². The van der Waals surface area contributed by atoms with Gasteiger partial charge in [-0.15, -0.1) is 11.3 Å². The number of nitrogens with one attached hydrogen (secondary N) is 2. The lowest BCUT2D eigenvalue weighted by molar-refractivity contribution is 0.0946. The van der Waals surface area contributed by atoms with Crippen molar-refractivity contribution in [1.29, 1.82) is 0 Å². The highest BCUT2D eigenvalue weighted by molar-refractivity contribution is 7.14. The van der Waals surface area contributed by atoms with Gasteiger partial charge in [-0.05, 0) is 30.2 Å². The molecule has 0 saturated carbocycles. The molecule has 2 N–H and O–H groups in total. The Labute approximate surface area is 139 Å². The number of carbonyl (C=O) groups is 1. The molecule has 0 aliphatic carbocycles. The van der Waals surface area contributed by atoms with Crippen molar-refractivity contribution in [3.8, 4) is 0 Å². The third-order valence-corrected chi connectivity index (χ3v) is 4.06. The predicted molar refractivity (Wildman–Crippen MR) is 94.2 cm³/mol. The van der Waals surface area contributed by atoms with Crippen LogP contribution in [0.2, 0.25) is 0 Å². The largest absolute Gasteiger partial charge is 0.347 e. The summed E-state index contributed by atoms with van der Waals surface area (Å²) >= 11 is 1.42. The molecule has 116 valence electrons. The van der Waals surface area contributed by atoms with E-state index in [0.29, 0.717) is 17.4 Å². The topological polar surface area (TPSA) is 54.0 Å². The summed E-state index contributed by atoms with van der Waals surface area (Å²) in [5.41, 5.74) is 3.64. The molecule has 0 radical (unpaired) electrons. The Balaban J connectivity index is 1.61. The van der Waals surface area contributed by atoms with Gasteiger partial charge >= 0.3 is 0 Å². The van der Waals surface area contributed by atoms with E-state index >= 15 is 0 Å². The van der Waals surface area contributed by atoms with Crippen LogP contribution in [0.4, 0.5) is 10.8 Å². The van der Waals surface area contributed by atoms with Gasteiger partial charge in [0.1, 0.15) is 5.69 Å². The van der Waals surface area contributed by atoms with Crippen molar-refractivity contribution in [2.24, 2.45) is 0 Å². The molecule has 0 saturated heterocycles. The summed E-state index contributed by atoms with van der Waals surface area (Å²) in [6.45, 7) is 2.54. The molecule has 0 aliphatic heterocycles. The molecule has 1 amide bonds. The predicted octanol–water partition coefficient (Wildman–Crippen LogP) is 4.13. The van der Waals surface area contributed by atoms with Crippen molar-refractivity contribution in [1.82, 2.24) is 10.3 Å². The molecule has 1 heterocycles. The molecular formula is C18H17N3OS. The van der Waals surface area contributed by atoms with Crippen molar-refractivity contribution in [3.05, 3.63) is 76.8 Å². The van der Waals surface area contributed by atoms with Gasteiger partial charge in [-0.2, -0.15) is 0 Å². The van der Waals surface area contributed by atoms with Gasteiger partial charge in [0.2, 0.25) is 0 Å². The fourth-order valence-electron chi connectivity index (χ4n) is 2.15. The zero-order valence-electron chi connectivity index (χ0n) is 12.7. The molecule has 0 unspecified atom stereocenters. The molecule has 23 heavy (non-hydrogen) atoms. The number of anilines is 2. The van der Waals surface area contributed by atoms with Gasteiger partial charge in [-0.25, -0.2) is 4.98 Å². The number of hydrogen-bond donors (Lipinski definition) is 2. The molecule has 3 rings (SSSR count). The van der Waals surface area contributed by atoms with Crippen molar-refractivity contribution < 1.29 is 4.79 Å². The fourth-order valence-corrected chi connectivity index (χ4v) is 2.86. The van der Waals surface area contributed by atoms with Gasteiger partial charge in [0, 0.05) is 17.6 Å². The molecule has 2 aromatic carbocycles. The first-order valence-corrected chi connectivity index (χ1v) is 8.20. The van der Waals surface area contributed by atoms with Crippen LogP contribution in [0, 0.1) is 6.92 Å². The summed E-state index contributed by atoms with van der Waals surface area (Å²) in [5, 5.41) is 8.57. The van der Waals surface area contributed by atoms with Crippen molar-refractivity contribution >= 4 is 28.1 Å². The number of carbonyl (C=O) groups excluding carboxylic acids is 1. The van der Waals surface area contributed by atoms with Gasteiger partial charge < -0.3 is 10.6 Å². The molecule has 0 bridgehead atoms. The van der Waals surface area contributed by atoms with E-state index in [1.165, 1.54) is 16.9 Å². The summed E-state index contributed by atoms with van der Waals surface area (Å²) in [4.78, 5) is 16.5. The number of rotatable bonds is 5. The maximum absolute atomic E-state index is 12.1. The van der Waals surface area contributed by atoms with Crippen LogP contribution in [0.3, 0.4) is 0 Å². The molecule has 5 heteroatoms. The van der Waals surface area contributed by atoms with Crippen LogP contribution in [0.5, 0.6) is 0 Å². The summed E-state index contributed by atoms with van der Waals surface area (Å²) in [5.74, 6) is -0.164. The first kappa shape index (κ1) is 15.2. The zero-order valence-corrected chi connectivity index (χ0v) is 13.6. The minimum Gasteiger partial charge on any atom is -0.347 e. The number of nitrogens with zero attached hydrogens (tertiary/aromatic N) is 1. The third kappa shape index (κ3) is 4.17. The van der Waals surface area contributed by atoms with Crippen LogP contribution in [0.1, 0.15) is 21.6 Å². The van der Waals surface area contributed by atoms with Crippen molar-refractivity contribution in [3.63, 3.8) is 0 Å². The van der Waals surface area contributed by atoms with E-state index in [0.717, 1.165) is 11.3 Å². The molecular weight excluding hydrogens is 306 g/mol. The minimum atomic E-state index is -0.164. The summed E-state index contributed by atoms with van der Waals surface area (Å²) in [6, 6.07) is 17.9. The Morgan fingerprint density at radius 3 is 2.74 bits per heavy atom. The minimum absolute atomic E-state index is 0.164. The van der Waals surface area contributed by atoms with Crippen LogP contribution in [-0.2, 0) is 6.54 Å². The first-order valence-electron chi connectivity index (χ1n) is 7.32. The van der Waals surface area contributed by atoms with Gasteiger partial charge in [-0.1, -0.05) is 42.5 Å². The normalized spacial score (nSPS) is 10.3. The van der Waals surface area contributed by atoms with Gasteiger partial charge in [-0.3, -0.25) is 4.79 Å². The Morgan fingerprint density at radius 1 is 1.13 bits per heavy atom. The van der Waals surface area contributed by atoms with Crippen LogP contribution < -0.4 is 10.6 Å². The third-order valence-electron chi connectivity index (χ3n) is 3.30. The zero-order chi connectivity index (χ0) is 16.1. The number of benzene rings is 2. The van der Waals surface area contributed by atoms with Gasteiger partial charge in [0.05, 0.1) is 0 Å². The molecule has 3 aromatic rings. The number of aryl methyl sites for hydroxylation is 1. The summed E-state index contributed by atoms with van der Waals surface area (Å²) in [7, 11) is 0. The maximum Gasteiger partial charge on any atom is 0.271 e. The fraction of sp³-hybridized carbons (Fsp3) is 0.111. The van der Waals surface area contributed by atoms with Gasteiger partial charge in [0.15, 0.2) is 5.13 Å². The lowest BCUT2D eigenvalue weighted by Gasteiger charge is -2.04. The number of thiazole rings is 1. The highest BCUT2D eigenvalue weighted by atomic mass is 32.1. The lowest BCUT2D eigenvalue weighted by Crippen LogP contribution is -2.23. The van der Waals surface area contributed by atoms with Gasteiger partial charge in [0.25, 0.3) is 5.91 Å².